The molecule has 174 valence electrons. The number of rotatable bonds is 7. The molecule has 2 rings (SSSR count). The Hall–Kier alpha value is -1.08. The van der Waals surface area contributed by atoms with Crippen LogP contribution < -0.4 is 10.6 Å². The lowest BCUT2D eigenvalue weighted by atomic mass is 9.56. The zero-order valence-electron chi connectivity index (χ0n) is 18.3. The Balaban J connectivity index is 0.00000450. The van der Waals surface area contributed by atoms with E-state index in [4.69, 9.17) is 4.74 Å². The van der Waals surface area contributed by atoms with Crippen LogP contribution in [0.2, 0.25) is 0 Å². The molecular weight excluding hydrogens is 514 g/mol. The Morgan fingerprint density at radius 2 is 2.03 bits per heavy atom. The summed E-state index contributed by atoms with van der Waals surface area (Å²) in [5.41, 5.74) is -3.54. The number of halogens is 4. The summed E-state index contributed by atoms with van der Waals surface area (Å²) in [6.07, 6.45) is -2.16. The standard InChI is InChI=1S/C19H32F3N5O2.HI/c1-7-23-15(26-13-12-17(4,29-6)16(13,2)3)25-9-8-18(28,19(20,21)22)14-24-10-11-27(14)5;/h10-11,13,28H,7-9,12H2,1-6H3,(H2,23,25,26);1H. The number of ether oxygens (including phenoxy) is 1. The van der Waals surface area contributed by atoms with Crippen LogP contribution in [0.1, 0.15) is 46.4 Å². The van der Waals surface area contributed by atoms with Gasteiger partial charge in [-0.25, -0.2) is 4.98 Å². The first-order valence-electron chi connectivity index (χ1n) is 9.69. The maximum absolute atomic E-state index is 13.6. The number of hydrogen-bond donors (Lipinski definition) is 3. The maximum Gasteiger partial charge on any atom is 0.424 e. The first kappa shape index (κ1) is 27.0. The summed E-state index contributed by atoms with van der Waals surface area (Å²) in [5, 5.41) is 16.8. The molecular formula is C19H33F3IN5O2. The van der Waals surface area contributed by atoms with Gasteiger partial charge in [-0.3, -0.25) is 4.99 Å². The number of nitrogens with zero attached hydrogens (tertiary/aromatic N) is 3. The van der Waals surface area contributed by atoms with E-state index < -0.39 is 24.0 Å². The lowest BCUT2D eigenvalue weighted by molar-refractivity contribution is -0.272. The van der Waals surface area contributed by atoms with Gasteiger partial charge in [-0.15, -0.1) is 24.0 Å². The largest absolute Gasteiger partial charge is 0.424 e. The number of guanidine groups is 1. The average molecular weight is 547 g/mol. The predicted octanol–water partition coefficient (Wildman–Crippen LogP) is 2.94. The SMILES string of the molecule is CCNC(=NCCC(O)(c1nccn1C)C(F)(F)F)NC1CC(C)(OC)C1(C)C.I. The van der Waals surface area contributed by atoms with Crippen molar-refractivity contribution >= 4 is 29.9 Å². The smallest absolute Gasteiger partial charge is 0.378 e. The number of imidazole rings is 1. The van der Waals surface area contributed by atoms with Gasteiger partial charge in [-0.2, -0.15) is 13.2 Å². The molecule has 0 amide bonds. The van der Waals surface area contributed by atoms with Crippen LogP contribution in [-0.4, -0.2) is 58.6 Å². The van der Waals surface area contributed by atoms with E-state index in [1.54, 1.807) is 7.11 Å². The second kappa shape index (κ2) is 9.60. The third-order valence-electron chi connectivity index (χ3n) is 6.34. The minimum Gasteiger partial charge on any atom is -0.378 e. The molecule has 30 heavy (non-hydrogen) atoms. The van der Waals surface area contributed by atoms with Crippen LogP contribution in [0.25, 0.3) is 0 Å². The molecule has 0 radical (unpaired) electrons. The molecule has 0 bridgehead atoms. The molecule has 1 saturated carbocycles. The number of aromatic nitrogens is 2. The second-order valence-corrected chi connectivity index (χ2v) is 8.29. The van der Waals surface area contributed by atoms with E-state index in [2.05, 4.69) is 34.5 Å². The van der Waals surface area contributed by atoms with Gasteiger partial charge in [0.25, 0.3) is 0 Å². The Bertz CT molecular complexity index is 740. The lowest BCUT2D eigenvalue weighted by Crippen LogP contribution is -2.69. The van der Waals surface area contributed by atoms with Crippen LogP contribution in [0.4, 0.5) is 13.2 Å². The Morgan fingerprint density at radius 3 is 2.47 bits per heavy atom. The minimum atomic E-state index is -4.87. The fourth-order valence-electron chi connectivity index (χ4n) is 3.68. The van der Waals surface area contributed by atoms with Crippen molar-refractivity contribution in [1.82, 2.24) is 20.2 Å². The number of aryl methyl sites for hydroxylation is 1. The van der Waals surface area contributed by atoms with Crippen LogP contribution in [0, 0.1) is 5.41 Å². The van der Waals surface area contributed by atoms with Crippen LogP contribution >= 0.6 is 24.0 Å². The first-order valence-corrected chi connectivity index (χ1v) is 9.69. The average Bonchev–Trinajstić information content (AvgIpc) is 3.06. The number of alkyl halides is 3. The molecule has 1 heterocycles. The molecule has 1 aromatic rings. The van der Waals surface area contributed by atoms with Crippen molar-refractivity contribution in [2.24, 2.45) is 17.5 Å². The molecule has 1 fully saturated rings. The predicted molar refractivity (Wildman–Crippen MR) is 120 cm³/mol. The molecule has 3 N–H and O–H groups in total. The van der Waals surface area contributed by atoms with E-state index in [1.165, 1.54) is 24.0 Å². The molecule has 0 saturated heterocycles. The monoisotopic (exact) mass is 547 g/mol. The summed E-state index contributed by atoms with van der Waals surface area (Å²) in [4.78, 5) is 7.97. The third kappa shape index (κ3) is 4.87. The van der Waals surface area contributed by atoms with E-state index in [0.717, 1.165) is 6.42 Å². The van der Waals surface area contributed by atoms with Gasteiger partial charge in [0, 0.05) is 57.5 Å². The number of nitrogens with one attached hydrogen (secondary N) is 2. The minimum absolute atomic E-state index is 0. The molecule has 7 nitrogen and oxygen atoms in total. The molecule has 1 aliphatic rings. The highest BCUT2D eigenvalue weighted by molar-refractivity contribution is 14.0. The zero-order valence-corrected chi connectivity index (χ0v) is 20.6. The summed E-state index contributed by atoms with van der Waals surface area (Å²) in [6.45, 7) is 8.39. The summed E-state index contributed by atoms with van der Waals surface area (Å²) >= 11 is 0. The van der Waals surface area contributed by atoms with Crippen molar-refractivity contribution in [2.75, 3.05) is 20.2 Å². The van der Waals surface area contributed by atoms with Gasteiger partial charge in [0.1, 0.15) is 5.82 Å². The molecule has 0 aliphatic heterocycles. The highest BCUT2D eigenvalue weighted by atomic mass is 127. The van der Waals surface area contributed by atoms with Gasteiger partial charge in [0.15, 0.2) is 5.96 Å². The summed E-state index contributed by atoms with van der Waals surface area (Å²) in [6, 6.07) is 0.0568. The fourth-order valence-corrected chi connectivity index (χ4v) is 3.68. The molecule has 0 spiro atoms. The third-order valence-corrected chi connectivity index (χ3v) is 6.34. The molecule has 11 heteroatoms. The molecule has 1 aliphatic carbocycles. The van der Waals surface area contributed by atoms with Gasteiger partial charge in [0.2, 0.25) is 5.60 Å². The summed E-state index contributed by atoms with van der Waals surface area (Å²) in [7, 11) is 3.09. The van der Waals surface area contributed by atoms with E-state index >= 15 is 0 Å². The first-order chi connectivity index (χ1) is 13.3. The van der Waals surface area contributed by atoms with Gasteiger partial charge < -0.3 is 25.0 Å². The number of aliphatic hydroxyl groups is 1. The highest BCUT2D eigenvalue weighted by Gasteiger charge is 2.58. The Morgan fingerprint density at radius 1 is 1.40 bits per heavy atom. The van der Waals surface area contributed by atoms with Crippen LogP contribution in [-0.2, 0) is 17.4 Å². The van der Waals surface area contributed by atoms with Crippen LogP contribution in [0.5, 0.6) is 0 Å². The molecule has 0 aromatic carbocycles. The summed E-state index contributed by atoms with van der Waals surface area (Å²) in [5.74, 6) is -0.0396. The molecule has 3 unspecified atom stereocenters. The highest BCUT2D eigenvalue weighted by Crippen LogP contribution is 2.51. The van der Waals surface area contributed by atoms with E-state index in [9.17, 15) is 18.3 Å². The van der Waals surface area contributed by atoms with E-state index in [0.29, 0.717) is 12.5 Å². The van der Waals surface area contributed by atoms with E-state index in [1.807, 2.05) is 13.8 Å². The fraction of sp³-hybridized carbons (Fsp3) is 0.789. The van der Waals surface area contributed by atoms with Crippen molar-refractivity contribution < 1.29 is 23.0 Å². The van der Waals surface area contributed by atoms with Crippen molar-refractivity contribution in [3.05, 3.63) is 18.2 Å². The van der Waals surface area contributed by atoms with Crippen molar-refractivity contribution in [1.29, 1.82) is 0 Å². The van der Waals surface area contributed by atoms with Gasteiger partial charge in [0.05, 0.1) is 5.60 Å². The number of methoxy groups -OCH3 is 1. The molecule has 3 atom stereocenters. The quantitative estimate of drug-likeness (QED) is 0.278. The summed E-state index contributed by atoms with van der Waals surface area (Å²) < 4.78 is 47.6. The van der Waals surface area contributed by atoms with Crippen molar-refractivity contribution in [3.63, 3.8) is 0 Å². The topological polar surface area (TPSA) is 83.7 Å². The maximum atomic E-state index is 13.6. The van der Waals surface area contributed by atoms with Crippen LogP contribution in [0.15, 0.2) is 17.4 Å². The van der Waals surface area contributed by atoms with Gasteiger partial charge >= 0.3 is 6.18 Å². The Kier molecular flexibility index (Phi) is 8.62. The lowest BCUT2D eigenvalue weighted by Gasteiger charge is -2.59. The zero-order chi connectivity index (χ0) is 22.1. The number of aliphatic imine (C=N–C) groups is 1. The second-order valence-electron chi connectivity index (χ2n) is 8.29. The van der Waals surface area contributed by atoms with Gasteiger partial charge in [-0.05, 0) is 20.3 Å². The van der Waals surface area contributed by atoms with Crippen molar-refractivity contribution in [3.8, 4) is 0 Å². The normalized spacial score (nSPS) is 25.7. The van der Waals surface area contributed by atoms with Gasteiger partial charge in [-0.1, -0.05) is 13.8 Å². The van der Waals surface area contributed by atoms with E-state index in [-0.39, 0.29) is 47.6 Å². The van der Waals surface area contributed by atoms with Crippen LogP contribution in [0.3, 0.4) is 0 Å². The Labute approximate surface area is 192 Å². The molecule has 1 aromatic heterocycles. The number of hydrogen-bond acceptors (Lipinski definition) is 4. The van der Waals surface area contributed by atoms with Crippen molar-refractivity contribution in [2.45, 2.75) is 64.0 Å².